The number of hydrogen-bond acceptors (Lipinski definition) is 6. The minimum atomic E-state index is -0.282. The van der Waals surface area contributed by atoms with Crippen molar-refractivity contribution in [2.45, 2.75) is 37.2 Å². The summed E-state index contributed by atoms with van der Waals surface area (Å²) in [5, 5.41) is 11.9. The Hall–Kier alpha value is -2.19. The summed E-state index contributed by atoms with van der Waals surface area (Å²) in [6.07, 6.45) is 5.96. The standard InChI is InChI=1S/C18H25N5O2S/c1-4-9-20-17(24)14(3)26-18-22-21-16(15-7-10-19-11-8-15)23(18)12-6-13-25-5-2/h4,7-8,10-11,14H,1,5-6,9,12-13H2,2-3H3,(H,20,24)/t14-/m0/s1. The van der Waals surface area contributed by atoms with E-state index >= 15 is 0 Å². The van der Waals surface area contributed by atoms with Crippen LogP contribution in [0.25, 0.3) is 11.4 Å². The fourth-order valence-electron chi connectivity index (χ4n) is 2.29. The molecule has 0 bridgehead atoms. The first-order valence-corrected chi connectivity index (χ1v) is 9.52. The average molecular weight is 375 g/mol. The molecule has 2 rings (SSSR count). The molecule has 2 aromatic rings. The Balaban J connectivity index is 2.17. The molecule has 0 aliphatic heterocycles. The van der Waals surface area contributed by atoms with Gasteiger partial charge < -0.3 is 14.6 Å². The van der Waals surface area contributed by atoms with Gasteiger partial charge in [0.05, 0.1) is 5.25 Å². The summed E-state index contributed by atoms with van der Waals surface area (Å²) < 4.78 is 7.47. The third kappa shape index (κ3) is 5.67. The smallest absolute Gasteiger partial charge is 0.233 e. The molecular weight excluding hydrogens is 350 g/mol. The van der Waals surface area contributed by atoms with Crippen molar-refractivity contribution in [2.75, 3.05) is 19.8 Å². The maximum absolute atomic E-state index is 12.1. The second-order valence-corrected chi connectivity index (χ2v) is 6.85. The molecule has 0 fully saturated rings. The Kier molecular flexibility index (Phi) is 8.30. The zero-order valence-corrected chi connectivity index (χ0v) is 16.0. The maximum atomic E-state index is 12.1. The molecule has 26 heavy (non-hydrogen) atoms. The van der Waals surface area contributed by atoms with Crippen molar-refractivity contribution in [3.8, 4) is 11.4 Å². The van der Waals surface area contributed by atoms with Crippen LogP contribution in [0.3, 0.4) is 0 Å². The van der Waals surface area contributed by atoms with Crippen molar-refractivity contribution < 1.29 is 9.53 Å². The van der Waals surface area contributed by atoms with Crippen LogP contribution in [-0.2, 0) is 16.1 Å². The van der Waals surface area contributed by atoms with Crippen molar-refractivity contribution >= 4 is 17.7 Å². The van der Waals surface area contributed by atoms with E-state index in [1.54, 1.807) is 18.5 Å². The van der Waals surface area contributed by atoms with Gasteiger partial charge in [0.25, 0.3) is 0 Å². The third-order valence-corrected chi connectivity index (χ3v) is 4.68. The van der Waals surface area contributed by atoms with E-state index in [-0.39, 0.29) is 11.2 Å². The van der Waals surface area contributed by atoms with Gasteiger partial charge >= 0.3 is 0 Å². The molecule has 1 N–H and O–H groups in total. The van der Waals surface area contributed by atoms with Crippen LogP contribution in [0.15, 0.2) is 42.3 Å². The van der Waals surface area contributed by atoms with Crippen molar-refractivity contribution in [3.05, 3.63) is 37.2 Å². The maximum Gasteiger partial charge on any atom is 0.233 e. The fraction of sp³-hybridized carbons (Fsp3) is 0.444. The van der Waals surface area contributed by atoms with Crippen molar-refractivity contribution in [1.29, 1.82) is 0 Å². The van der Waals surface area contributed by atoms with Crippen LogP contribution in [0.1, 0.15) is 20.3 Å². The monoisotopic (exact) mass is 375 g/mol. The zero-order valence-electron chi connectivity index (χ0n) is 15.2. The second kappa shape index (κ2) is 10.7. The van der Waals surface area contributed by atoms with E-state index in [1.165, 1.54) is 11.8 Å². The number of amides is 1. The molecule has 0 radical (unpaired) electrons. The highest BCUT2D eigenvalue weighted by atomic mass is 32.2. The quantitative estimate of drug-likeness (QED) is 0.369. The molecule has 0 aliphatic rings. The Bertz CT molecular complexity index is 705. The van der Waals surface area contributed by atoms with Gasteiger partial charge in [-0.25, -0.2) is 0 Å². The fourth-order valence-corrected chi connectivity index (χ4v) is 3.19. The van der Waals surface area contributed by atoms with Crippen LogP contribution in [0.4, 0.5) is 0 Å². The molecule has 8 heteroatoms. The summed E-state index contributed by atoms with van der Waals surface area (Å²) in [5.74, 6) is 0.717. The molecule has 140 valence electrons. The molecule has 2 heterocycles. The van der Waals surface area contributed by atoms with Gasteiger partial charge in [-0.2, -0.15) is 0 Å². The largest absolute Gasteiger partial charge is 0.382 e. The summed E-state index contributed by atoms with van der Waals surface area (Å²) in [6, 6.07) is 3.80. The van der Waals surface area contributed by atoms with Gasteiger partial charge in [0.1, 0.15) is 0 Å². The first kappa shape index (κ1) is 20.1. The summed E-state index contributed by atoms with van der Waals surface area (Å²) in [5.41, 5.74) is 0.944. The number of ether oxygens (including phenoxy) is 1. The first-order valence-electron chi connectivity index (χ1n) is 8.64. The predicted octanol–water partition coefficient (Wildman–Crippen LogP) is 2.55. The minimum Gasteiger partial charge on any atom is -0.382 e. The van der Waals surface area contributed by atoms with E-state index < -0.39 is 0 Å². The van der Waals surface area contributed by atoms with E-state index in [0.29, 0.717) is 26.3 Å². The summed E-state index contributed by atoms with van der Waals surface area (Å²) in [7, 11) is 0. The van der Waals surface area contributed by atoms with Gasteiger partial charge in [0.2, 0.25) is 5.91 Å². The van der Waals surface area contributed by atoms with Gasteiger partial charge in [0.15, 0.2) is 11.0 Å². The van der Waals surface area contributed by atoms with E-state index in [9.17, 15) is 4.79 Å². The number of aromatic nitrogens is 4. The van der Waals surface area contributed by atoms with Crippen molar-refractivity contribution in [1.82, 2.24) is 25.1 Å². The van der Waals surface area contributed by atoms with Crippen LogP contribution in [-0.4, -0.2) is 50.7 Å². The van der Waals surface area contributed by atoms with E-state index in [4.69, 9.17) is 4.74 Å². The Labute approximate surface area is 158 Å². The summed E-state index contributed by atoms with van der Waals surface area (Å²) >= 11 is 1.39. The number of carbonyl (C=O) groups excluding carboxylic acids is 1. The summed E-state index contributed by atoms with van der Waals surface area (Å²) in [6.45, 7) is 9.98. The highest BCUT2D eigenvalue weighted by Gasteiger charge is 2.20. The van der Waals surface area contributed by atoms with E-state index in [2.05, 4.69) is 27.1 Å². The van der Waals surface area contributed by atoms with Crippen LogP contribution in [0.5, 0.6) is 0 Å². The molecule has 1 atom stereocenters. The molecule has 0 saturated heterocycles. The minimum absolute atomic E-state index is 0.0516. The topological polar surface area (TPSA) is 81.9 Å². The lowest BCUT2D eigenvalue weighted by molar-refractivity contribution is -0.120. The third-order valence-electron chi connectivity index (χ3n) is 3.60. The van der Waals surface area contributed by atoms with Gasteiger partial charge in [-0.3, -0.25) is 9.78 Å². The predicted molar refractivity (Wildman–Crippen MR) is 103 cm³/mol. The van der Waals surface area contributed by atoms with Crippen LogP contribution in [0.2, 0.25) is 0 Å². The van der Waals surface area contributed by atoms with E-state index in [0.717, 1.165) is 23.0 Å². The number of pyridine rings is 1. The Morgan fingerprint density at radius 2 is 2.19 bits per heavy atom. The normalized spacial score (nSPS) is 11.9. The molecule has 0 saturated carbocycles. The van der Waals surface area contributed by atoms with Crippen molar-refractivity contribution in [3.63, 3.8) is 0 Å². The van der Waals surface area contributed by atoms with Gasteiger partial charge in [-0.15, -0.1) is 16.8 Å². The second-order valence-electron chi connectivity index (χ2n) is 5.54. The van der Waals surface area contributed by atoms with Crippen LogP contribution in [0, 0.1) is 0 Å². The summed E-state index contributed by atoms with van der Waals surface area (Å²) in [4.78, 5) is 16.2. The van der Waals surface area contributed by atoms with Crippen molar-refractivity contribution in [2.24, 2.45) is 0 Å². The number of carbonyl (C=O) groups is 1. The lowest BCUT2D eigenvalue weighted by atomic mass is 10.2. The molecular formula is C18H25N5O2S. The molecule has 1 amide bonds. The van der Waals surface area contributed by atoms with Gasteiger partial charge in [-0.1, -0.05) is 17.8 Å². The molecule has 0 aliphatic carbocycles. The molecule has 0 spiro atoms. The van der Waals surface area contributed by atoms with Gasteiger partial charge in [0, 0.05) is 44.3 Å². The highest BCUT2D eigenvalue weighted by Crippen LogP contribution is 2.27. The van der Waals surface area contributed by atoms with Gasteiger partial charge in [-0.05, 0) is 32.4 Å². The zero-order chi connectivity index (χ0) is 18.8. The van der Waals surface area contributed by atoms with Crippen LogP contribution < -0.4 is 5.32 Å². The van der Waals surface area contributed by atoms with Crippen LogP contribution >= 0.6 is 11.8 Å². The number of rotatable bonds is 11. The lowest BCUT2D eigenvalue weighted by Crippen LogP contribution is -2.31. The molecule has 7 nitrogen and oxygen atoms in total. The number of nitrogens with one attached hydrogen (secondary N) is 1. The number of nitrogens with zero attached hydrogens (tertiary/aromatic N) is 4. The molecule has 2 aromatic heterocycles. The SMILES string of the molecule is C=CCNC(=O)[C@H](C)Sc1nnc(-c2ccncc2)n1CCCOCC. The molecule has 0 aromatic carbocycles. The first-order chi connectivity index (χ1) is 12.7. The number of thioether (sulfide) groups is 1. The Morgan fingerprint density at radius 1 is 1.42 bits per heavy atom. The highest BCUT2D eigenvalue weighted by molar-refractivity contribution is 8.00. The molecule has 0 unspecified atom stereocenters. The lowest BCUT2D eigenvalue weighted by Gasteiger charge is -2.13. The Morgan fingerprint density at radius 3 is 2.88 bits per heavy atom. The van der Waals surface area contributed by atoms with E-state index in [1.807, 2.05) is 30.5 Å². The number of hydrogen-bond donors (Lipinski definition) is 1. The average Bonchev–Trinajstić information content (AvgIpc) is 3.06.